The lowest BCUT2D eigenvalue weighted by Gasteiger charge is -2.30. The van der Waals surface area contributed by atoms with Gasteiger partial charge in [0.2, 0.25) is 0 Å². The van der Waals surface area contributed by atoms with Crippen LogP contribution in [0.25, 0.3) is 54.0 Å². The van der Waals surface area contributed by atoms with Crippen LogP contribution in [0.15, 0.2) is 127 Å². The summed E-state index contributed by atoms with van der Waals surface area (Å²) in [5, 5.41) is 4.07. The van der Waals surface area contributed by atoms with E-state index in [9.17, 15) is 0 Å². The molecule has 7 aromatic rings. The molecule has 0 saturated carbocycles. The number of allylic oxidation sites excluding steroid dienone is 1. The molecule has 0 fully saturated rings. The van der Waals surface area contributed by atoms with Crippen LogP contribution in [-0.2, 0) is 11.8 Å². The summed E-state index contributed by atoms with van der Waals surface area (Å²) in [6.45, 7) is 2.39. The quantitative estimate of drug-likeness (QED) is 0.220. The van der Waals surface area contributed by atoms with Crippen molar-refractivity contribution in [1.82, 2.24) is 4.57 Å². The minimum Gasteiger partial charge on any atom is -0.310 e. The molecule has 2 heteroatoms. The maximum Gasteiger partial charge on any atom is 0.0537 e. The zero-order valence-corrected chi connectivity index (χ0v) is 22.6. The van der Waals surface area contributed by atoms with Gasteiger partial charge in [-0.3, -0.25) is 0 Å². The van der Waals surface area contributed by atoms with Crippen molar-refractivity contribution in [3.05, 3.63) is 144 Å². The maximum absolute atomic E-state index is 2.45. The van der Waals surface area contributed by atoms with E-state index in [1.165, 1.54) is 64.7 Å². The summed E-state index contributed by atoms with van der Waals surface area (Å²) in [7, 11) is 0. The van der Waals surface area contributed by atoms with Gasteiger partial charge in [-0.2, -0.15) is 0 Å². The molecule has 1 atom stereocenters. The first-order valence-electron chi connectivity index (χ1n) is 13.6. The lowest BCUT2D eigenvalue weighted by molar-refractivity contribution is 0.589. The first-order valence-corrected chi connectivity index (χ1v) is 14.4. The zero-order chi connectivity index (χ0) is 26.0. The molecule has 2 aromatic heterocycles. The zero-order valence-electron chi connectivity index (χ0n) is 21.8. The number of nitrogens with zero attached hydrogens (tertiary/aromatic N) is 1. The summed E-state index contributed by atoms with van der Waals surface area (Å²) < 4.78 is 5.17. The van der Waals surface area contributed by atoms with E-state index < -0.39 is 0 Å². The fourth-order valence-electron chi connectivity index (χ4n) is 6.39. The highest BCUT2D eigenvalue weighted by atomic mass is 32.1. The number of hydrogen-bond acceptors (Lipinski definition) is 1. The number of hydrogen-bond donors (Lipinski definition) is 0. The average molecular weight is 518 g/mol. The molecule has 8 rings (SSSR count). The Morgan fingerprint density at radius 1 is 0.641 bits per heavy atom. The monoisotopic (exact) mass is 517 g/mol. The van der Waals surface area contributed by atoms with Crippen molar-refractivity contribution < 1.29 is 0 Å². The van der Waals surface area contributed by atoms with Crippen LogP contribution in [0.3, 0.4) is 0 Å². The third-order valence-corrected chi connectivity index (χ3v) is 9.57. The summed E-state index contributed by atoms with van der Waals surface area (Å²) in [6, 6.07) is 44.3. The van der Waals surface area contributed by atoms with Crippen LogP contribution in [0.1, 0.15) is 23.7 Å². The SMILES string of the molecule is CC1(c2ccc3sc4ccccc4c3c2)C=Cc2c(c3ccccc3n2-c2cccc(-c3ccccc3)c2)C1. The van der Waals surface area contributed by atoms with Gasteiger partial charge in [-0.15, -0.1) is 11.3 Å². The Labute approximate surface area is 232 Å². The van der Waals surface area contributed by atoms with Crippen molar-refractivity contribution >= 4 is 48.5 Å². The molecule has 186 valence electrons. The third kappa shape index (κ3) is 3.52. The Bertz CT molecular complexity index is 2060. The number of benzene rings is 5. The topological polar surface area (TPSA) is 4.93 Å². The molecule has 5 aromatic carbocycles. The molecule has 1 nitrogen and oxygen atoms in total. The molecule has 1 aliphatic rings. The lowest BCUT2D eigenvalue weighted by Crippen LogP contribution is -2.25. The van der Waals surface area contributed by atoms with Gasteiger partial charge in [0.1, 0.15) is 0 Å². The van der Waals surface area contributed by atoms with Crippen LogP contribution >= 0.6 is 11.3 Å². The highest BCUT2D eigenvalue weighted by Gasteiger charge is 2.32. The van der Waals surface area contributed by atoms with E-state index in [0.717, 1.165) is 6.42 Å². The van der Waals surface area contributed by atoms with Crippen LogP contribution in [0.5, 0.6) is 0 Å². The van der Waals surface area contributed by atoms with Gasteiger partial charge in [-0.1, -0.05) is 97.9 Å². The van der Waals surface area contributed by atoms with Gasteiger partial charge in [-0.05, 0) is 71.1 Å². The predicted molar refractivity (Wildman–Crippen MR) is 168 cm³/mol. The van der Waals surface area contributed by atoms with Crippen molar-refractivity contribution in [2.45, 2.75) is 18.8 Å². The molecule has 0 bridgehead atoms. The summed E-state index contributed by atoms with van der Waals surface area (Å²) in [4.78, 5) is 0. The molecule has 0 amide bonds. The Morgan fingerprint density at radius 3 is 2.28 bits per heavy atom. The van der Waals surface area contributed by atoms with Gasteiger partial charge >= 0.3 is 0 Å². The van der Waals surface area contributed by atoms with Crippen molar-refractivity contribution in [3.63, 3.8) is 0 Å². The highest BCUT2D eigenvalue weighted by Crippen LogP contribution is 2.43. The third-order valence-electron chi connectivity index (χ3n) is 8.42. The number of rotatable bonds is 3. The number of thiophene rings is 1. The first kappa shape index (κ1) is 22.6. The molecular formula is C37H27NS. The molecule has 0 radical (unpaired) electrons. The molecule has 0 saturated heterocycles. The van der Waals surface area contributed by atoms with Gasteiger partial charge in [0.25, 0.3) is 0 Å². The minimum atomic E-state index is -0.0783. The second-order valence-corrected chi connectivity index (χ2v) is 12.0. The first-order chi connectivity index (χ1) is 19.2. The standard InChI is InChI=1S/C37H27NS/c1-37(27-18-19-36-31(23-27)30-15-6-8-17-35(30)39-36)21-20-34-32(24-37)29-14-5-7-16-33(29)38(34)28-13-9-12-26(22-28)25-10-3-2-4-11-25/h2-23H,24H2,1H3. The van der Waals surface area contributed by atoms with Crippen LogP contribution < -0.4 is 0 Å². The number of aromatic nitrogens is 1. The maximum atomic E-state index is 2.45. The second kappa shape index (κ2) is 8.56. The van der Waals surface area contributed by atoms with Gasteiger partial charge < -0.3 is 4.57 Å². The molecule has 1 unspecified atom stereocenters. The van der Waals surface area contributed by atoms with E-state index in [4.69, 9.17) is 0 Å². The molecular weight excluding hydrogens is 490 g/mol. The fraction of sp³-hybridized carbons (Fsp3) is 0.0811. The van der Waals surface area contributed by atoms with Crippen LogP contribution in [0.2, 0.25) is 0 Å². The summed E-state index contributed by atoms with van der Waals surface area (Å²) >= 11 is 1.89. The molecule has 0 aliphatic heterocycles. The Balaban J connectivity index is 1.28. The number of para-hydroxylation sites is 1. The van der Waals surface area contributed by atoms with E-state index >= 15 is 0 Å². The molecule has 0 N–H and O–H groups in total. The largest absolute Gasteiger partial charge is 0.310 e. The Hall–Kier alpha value is -4.40. The predicted octanol–water partition coefficient (Wildman–Crippen LogP) is 10.2. The lowest BCUT2D eigenvalue weighted by atomic mass is 9.73. The molecule has 2 heterocycles. The highest BCUT2D eigenvalue weighted by molar-refractivity contribution is 7.25. The molecule has 39 heavy (non-hydrogen) atoms. The van der Waals surface area contributed by atoms with Gasteiger partial charge in [0, 0.05) is 42.4 Å². The fourth-order valence-corrected chi connectivity index (χ4v) is 7.48. The van der Waals surface area contributed by atoms with Crippen LogP contribution in [-0.4, -0.2) is 4.57 Å². The van der Waals surface area contributed by atoms with E-state index in [2.05, 4.69) is 145 Å². The van der Waals surface area contributed by atoms with Crippen molar-refractivity contribution in [2.75, 3.05) is 0 Å². The van der Waals surface area contributed by atoms with Crippen LogP contribution in [0.4, 0.5) is 0 Å². The van der Waals surface area contributed by atoms with Crippen molar-refractivity contribution in [3.8, 4) is 16.8 Å². The average Bonchev–Trinajstić information content (AvgIpc) is 3.53. The normalized spacial score (nSPS) is 16.7. The van der Waals surface area contributed by atoms with Gasteiger partial charge in [0.05, 0.1) is 5.52 Å². The Kier molecular flexibility index (Phi) is 4.95. The molecule has 1 aliphatic carbocycles. The van der Waals surface area contributed by atoms with Gasteiger partial charge in [-0.25, -0.2) is 0 Å². The second-order valence-electron chi connectivity index (χ2n) is 10.9. The molecule has 0 spiro atoms. The van der Waals surface area contributed by atoms with Crippen molar-refractivity contribution in [1.29, 1.82) is 0 Å². The Morgan fingerprint density at radius 2 is 1.38 bits per heavy atom. The summed E-state index contributed by atoms with van der Waals surface area (Å²) in [5.41, 5.74) is 8.96. The van der Waals surface area contributed by atoms with Crippen LogP contribution in [0, 0.1) is 0 Å². The van der Waals surface area contributed by atoms with E-state index in [-0.39, 0.29) is 5.41 Å². The van der Waals surface area contributed by atoms with E-state index in [0.29, 0.717) is 0 Å². The summed E-state index contributed by atoms with van der Waals surface area (Å²) in [6.07, 6.45) is 5.77. The van der Waals surface area contributed by atoms with E-state index in [1.807, 2.05) is 11.3 Å². The smallest absolute Gasteiger partial charge is 0.0537 e. The van der Waals surface area contributed by atoms with Gasteiger partial charge in [0.15, 0.2) is 0 Å². The minimum absolute atomic E-state index is 0.0783. The van der Waals surface area contributed by atoms with E-state index in [1.54, 1.807) is 0 Å². The summed E-state index contributed by atoms with van der Waals surface area (Å²) in [5.74, 6) is 0. The number of fused-ring (bicyclic) bond motifs is 6. The van der Waals surface area contributed by atoms with Crippen molar-refractivity contribution in [2.24, 2.45) is 0 Å².